The molecule has 0 aliphatic heterocycles. The first-order valence-electron chi connectivity index (χ1n) is 15.1. The monoisotopic (exact) mass is 698 g/mol. The minimum atomic E-state index is -5.65. The number of methoxy groups -OCH3 is 1. The van der Waals surface area contributed by atoms with Crippen molar-refractivity contribution in [3.8, 4) is 5.75 Å². The van der Waals surface area contributed by atoms with Crippen LogP contribution in [-0.2, 0) is 21.2 Å². The maximum Gasteiger partial charge on any atom is 0.501 e. The van der Waals surface area contributed by atoms with Crippen molar-refractivity contribution in [3.05, 3.63) is 119 Å². The molecule has 1 aromatic heterocycles. The van der Waals surface area contributed by atoms with Crippen LogP contribution < -0.4 is 15.4 Å². The number of nitrogens with zero attached hydrogens (tertiary/aromatic N) is 2. The van der Waals surface area contributed by atoms with Gasteiger partial charge < -0.3 is 20.5 Å². The number of benzene rings is 3. The second kappa shape index (κ2) is 13.1. The van der Waals surface area contributed by atoms with Gasteiger partial charge in [0.1, 0.15) is 17.7 Å². The largest absolute Gasteiger partial charge is 0.501 e. The van der Waals surface area contributed by atoms with Gasteiger partial charge in [-0.15, -0.1) is 0 Å². The van der Waals surface area contributed by atoms with Gasteiger partial charge in [-0.3, -0.25) is 14.3 Å². The molecule has 1 heterocycles. The van der Waals surface area contributed by atoms with Gasteiger partial charge in [-0.2, -0.15) is 18.3 Å². The summed E-state index contributed by atoms with van der Waals surface area (Å²) in [4.78, 5) is 26.2. The van der Waals surface area contributed by atoms with Crippen LogP contribution in [0.3, 0.4) is 0 Å². The van der Waals surface area contributed by atoms with E-state index in [9.17, 15) is 36.3 Å². The van der Waals surface area contributed by atoms with E-state index in [4.69, 9.17) is 4.74 Å². The van der Waals surface area contributed by atoms with E-state index in [0.717, 1.165) is 29.8 Å². The molecule has 0 spiro atoms. The smallest absolute Gasteiger partial charge is 0.496 e. The molecule has 15 heteroatoms. The second-order valence-electron chi connectivity index (χ2n) is 11.9. The fourth-order valence-corrected chi connectivity index (χ4v) is 7.20. The number of fused-ring (bicyclic) bond motifs is 2. The van der Waals surface area contributed by atoms with E-state index in [2.05, 4.69) is 15.7 Å². The van der Waals surface area contributed by atoms with Crippen LogP contribution in [0.5, 0.6) is 5.75 Å². The lowest BCUT2D eigenvalue weighted by atomic mass is 9.87. The predicted octanol–water partition coefficient (Wildman–Crippen LogP) is 5.01. The maximum absolute atomic E-state index is 15.3. The third-order valence-electron chi connectivity index (χ3n) is 8.79. The summed E-state index contributed by atoms with van der Waals surface area (Å²) in [6, 6.07) is 14.7. The minimum Gasteiger partial charge on any atom is -0.496 e. The molecule has 3 N–H and O–H groups in total. The number of amides is 2. The van der Waals surface area contributed by atoms with E-state index in [-0.39, 0.29) is 40.0 Å². The van der Waals surface area contributed by atoms with Gasteiger partial charge in [0.05, 0.1) is 36.2 Å². The standard InChI is InChI=1S/C34H30F4N4O6S/c1-48-28-15-27(35)25(31(43)22-16-39-42(18-22)17-19-6-3-2-4-7-19)14-26(28)32(44)41-30-21-11-10-20(12-21)29(30)33(45)40-23-8-5-9-24(13-23)49(46,47)34(36,37)38/h2-11,13-16,18,20-21,29-31,43H,12,17H2,1H3,(H,40,45)(H,41,44)/t20-,21+,29+,30-,31-/m1/s1. The van der Waals surface area contributed by atoms with Crippen LogP contribution in [0.15, 0.2) is 96.2 Å². The number of aliphatic hydroxyl groups is 1. The lowest BCUT2D eigenvalue weighted by Gasteiger charge is -2.28. The maximum atomic E-state index is 15.3. The summed E-state index contributed by atoms with van der Waals surface area (Å²) in [6.07, 6.45) is 5.65. The van der Waals surface area contributed by atoms with E-state index in [1.807, 2.05) is 42.5 Å². The summed E-state index contributed by atoms with van der Waals surface area (Å²) in [5.74, 6) is -3.76. The van der Waals surface area contributed by atoms with Gasteiger partial charge in [-0.25, -0.2) is 12.8 Å². The van der Waals surface area contributed by atoms with Gasteiger partial charge in [-0.05, 0) is 48.1 Å². The molecule has 0 radical (unpaired) electrons. The van der Waals surface area contributed by atoms with Crippen molar-refractivity contribution in [1.82, 2.24) is 15.1 Å². The molecule has 2 aliphatic rings. The summed E-state index contributed by atoms with van der Waals surface area (Å²) in [5.41, 5.74) is -4.76. The highest BCUT2D eigenvalue weighted by atomic mass is 32.2. The first-order valence-corrected chi connectivity index (χ1v) is 16.6. The Morgan fingerprint density at radius 2 is 1.80 bits per heavy atom. The number of carbonyl (C=O) groups excluding carboxylic acids is 2. The zero-order valence-electron chi connectivity index (χ0n) is 25.8. The average Bonchev–Trinajstić information content (AvgIpc) is 3.82. The van der Waals surface area contributed by atoms with E-state index in [1.165, 1.54) is 25.4 Å². The molecule has 49 heavy (non-hydrogen) atoms. The van der Waals surface area contributed by atoms with Crippen molar-refractivity contribution in [2.24, 2.45) is 17.8 Å². The van der Waals surface area contributed by atoms with Crippen LogP contribution in [0.4, 0.5) is 23.2 Å². The van der Waals surface area contributed by atoms with Gasteiger partial charge >= 0.3 is 5.51 Å². The lowest BCUT2D eigenvalue weighted by Crippen LogP contribution is -2.47. The number of sulfone groups is 1. The van der Waals surface area contributed by atoms with Gasteiger partial charge in [0.15, 0.2) is 0 Å². The molecule has 5 atom stereocenters. The molecule has 256 valence electrons. The Hall–Kier alpha value is -5.02. The summed E-state index contributed by atoms with van der Waals surface area (Å²) < 4.78 is 85.3. The number of nitrogens with one attached hydrogen (secondary N) is 2. The van der Waals surface area contributed by atoms with Gasteiger partial charge in [0.2, 0.25) is 5.91 Å². The average molecular weight is 699 g/mol. The Balaban J connectivity index is 1.21. The molecular weight excluding hydrogens is 668 g/mol. The van der Waals surface area contributed by atoms with Gasteiger partial charge in [0.25, 0.3) is 15.7 Å². The number of carbonyl (C=O) groups is 2. The van der Waals surface area contributed by atoms with Crippen molar-refractivity contribution in [2.75, 3.05) is 12.4 Å². The molecule has 0 saturated heterocycles. The van der Waals surface area contributed by atoms with Crippen molar-refractivity contribution in [1.29, 1.82) is 0 Å². The summed E-state index contributed by atoms with van der Waals surface area (Å²) in [7, 11) is -4.40. The van der Waals surface area contributed by atoms with E-state index >= 15 is 4.39 Å². The molecule has 6 rings (SSSR count). The Labute approximate surface area is 278 Å². The Morgan fingerprint density at radius 3 is 2.51 bits per heavy atom. The number of hydrogen-bond donors (Lipinski definition) is 3. The number of aromatic nitrogens is 2. The topological polar surface area (TPSA) is 140 Å². The number of halogens is 4. The van der Waals surface area contributed by atoms with E-state index in [0.29, 0.717) is 13.0 Å². The molecule has 1 fully saturated rings. The molecule has 1 saturated carbocycles. The molecule has 0 unspecified atom stereocenters. The predicted molar refractivity (Wildman–Crippen MR) is 169 cm³/mol. The lowest BCUT2D eigenvalue weighted by molar-refractivity contribution is -0.121. The van der Waals surface area contributed by atoms with Crippen LogP contribution in [0.1, 0.15) is 39.6 Å². The van der Waals surface area contributed by atoms with Crippen molar-refractivity contribution in [2.45, 2.75) is 35.5 Å². The Bertz CT molecular complexity index is 2030. The van der Waals surface area contributed by atoms with Crippen molar-refractivity contribution >= 4 is 27.3 Å². The highest BCUT2D eigenvalue weighted by Crippen LogP contribution is 2.45. The summed E-state index contributed by atoms with van der Waals surface area (Å²) >= 11 is 0. The quantitative estimate of drug-likeness (QED) is 0.156. The van der Waals surface area contributed by atoms with Crippen LogP contribution >= 0.6 is 0 Å². The van der Waals surface area contributed by atoms with Crippen LogP contribution in [0, 0.1) is 23.6 Å². The Kier molecular flexibility index (Phi) is 9.07. The third kappa shape index (κ3) is 6.68. The molecule has 2 aliphatic carbocycles. The summed E-state index contributed by atoms with van der Waals surface area (Å²) in [5, 5.41) is 20.7. The number of hydrogen-bond acceptors (Lipinski definition) is 7. The Morgan fingerprint density at radius 1 is 1.06 bits per heavy atom. The normalized spacial score (nSPS) is 20.6. The van der Waals surface area contributed by atoms with Gasteiger partial charge in [-0.1, -0.05) is 48.6 Å². The fraction of sp³-hybridized carbons (Fsp3) is 0.265. The molecule has 2 amide bonds. The molecule has 4 aromatic rings. The van der Waals surface area contributed by atoms with E-state index in [1.54, 1.807) is 10.9 Å². The highest BCUT2D eigenvalue weighted by molar-refractivity contribution is 7.92. The molecule has 10 nitrogen and oxygen atoms in total. The van der Waals surface area contributed by atoms with Crippen LogP contribution in [0.25, 0.3) is 0 Å². The third-order valence-corrected chi connectivity index (χ3v) is 10.3. The zero-order chi connectivity index (χ0) is 35.1. The molecule has 3 aromatic carbocycles. The van der Waals surface area contributed by atoms with E-state index < -0.39 is 55.9 Å². The SMILES string of the molecule is COc1cc(F)c([C@H](O)c2cnn(Cc3ccccc3)c2)cc1C(=O)N[C@H]1[C@@H](C(=O)Nc2cccc(S(=O)(=O)C(F)(F)F)c2)[C@@H]2C=C[C@H]1C2. The molecular formula is C34H30F4N4O6S. The molecule has 2 bridgehead atoms. The summed E-state index contributed by atoms with van der Waals surface area (Å²) in [6.45, 7) is 0.414. The van der Waals surface area contributed by atoms with Crippen molar-refractivity contribution < 1.29 is 45.4 Å². The van der Waals surface area contributed by atoms with Crippen LogP contribution in [-0.4, -0.2) is 53.8 Å². The first kappa shape index (κ1) is 33.9. The zero-order valence-corrected chi connectivity index (χ0v) is 26.6. The van der Waals surface area contributed by atoms with Gasteiger partial charge in [0, 0.05) is 35.1 Å². The number of allylic oxidation sites excluding steroid dienone is 1. The number of ether oxygens (including phenoxy) is 1. The fourth-order valence-electron chi connectivity index (χ4n) is 6.39. The number of alkyl halides is 3. The number of rotatable bonds is 10. The minimum absolute atomic E-state index is 0.106. The highest BCUT2D eigenvalue weighted by Gasteiger charge is 2.49. The number of anilines is 1. The van der Waals surface area contributed by atoms with Crippen molar-refractivity contribution in [3.63, 3.8) is 0 Å². The number of aliphatic hydroxyl groups excluding tert-OH is 1. The van der Waals surface area contributed by atoms with Crippen LogP contribution in [0.2, 0.25) is 0 Å². The second-order valence-corrected chi connectivity index (χ2v) is 13.8. The first-order chi connectivity index (χ1) is 23.3.